The van der Waals surface area contributed by atoms with Gasteiger partial charge in [-0.25, -0.2) is 0 Å². The van der Waals surface area contributed by atoms with E-state index in [1.165, 1.54) is 16.7 Å². The zero-order valence-corrected chi connectivity index (χ0v) is 11.4. The summed E-state index contributed by atoms with van der Waals surface area (Å²) in [4.78, 5) is 0. The average molecular weight is 274 g/mol. The first-order chi connectivity index (χ1) is 8.66. The lowest BCUT2D eigenvalue weighted by Gasteiger charge is -2.08. The average Bonchev–Trinajstić information content (AvgIpc) is 2.67. The second kappa shape index (κ2) is 4.46. The number of hydrogen-bond acceptors (Lipinski definition) is 0. The van der Waals surface area contributed by atoms with Gasteiger partial charge in [-0.3, -0.25) is 0 Å². The summed E-state index contributed by atoms with van der Waals surface area (Å²) >= 11 is 12.4. The van der Waals surface area contributed by atoms with Crippen LogP contribution in [0.3, 0.4) is 0 Å². The maximum Gasteiger partial charge on any atom is 0.0465 e. The normalized spacial score (nSPS) is 13.9. The molecule has 0 saturated heterocycles. The fourth-order valence-corrected chi connectivity index (χ4v) is 2.98. The molecule has 0 nitrogen and oxygen atoms in total. The van der Waals surface area contributed by atoms with Gasteiger partial charge in [-0.1, -0.05) is 59.1 Å². The van der Waals surface area contributed by atoms with Crippen molar-refractivity contribution < 1.29 is 0 Å². The molecule has 3 rings (SSSR count). The fraction of sp³-hybridized carbons (Fsp3) is 0.0625. The number of allylic oxidation sites excluding steroid dienone is 1. The van der Waals surface area contributed by atoms with Gasteiger partial charge in [0.25, 0.3) is 0 Å². The van der Waals surface area contributed by atoms with E-state index in [4.69, 9.17) is 23.2 Å². The summed E-state index contributed by atoms with van der Waals surface area (Å²) in [6, 6.07) is 14.1. The monoisotopic (exact) mass is 273 g/mol. The third-order valence-electron chi connectivity index (χ3n) is 3.18. The first-order valence-corrected chi connectivity index (χ1v) is 6.53. The Bertz CT molecular complexity index is 640. The van der Waals surface area contributed by atoms with Crippen LogP contribution in [-0.2, 0) is 0 Å². The van der Waals surface area contributed by atoms with Gasteiger partial charge in [0.2, 0.25) is 0 Å². The van der Waals surface area contributed by atoms with Crippen molar-refractivity contribution in [2.24, 2.45) is 0 Å². The maximum absolute atomic E-state index is 6.25. The molecule has 0 aliphatic heterocycles. The van der Waals surface area contributed by atoms with E-state index >= 15 is 0 Å². The molecule has 0 atom stereocenters. The molecular weight excluding hydrogens is 263 g/mol. The third kappa shape index (κ3) is 1.86. The van der Waals surface area contributed by atoms with Crippen molar-refractivity contribution in [2.75, 3.05) is 0 Å². The zero-order chi connectivity index (χ0) is 12.7. The molecule has 0 aromatic heterocycles. The molecule has 89 valence electrons. The molecule has 0 fully saturated rings. The van der Waals surface area contributed by atoms with Crippen molar-refractivity contribution in [1.82, 2.24) is 0 Å². The highest BCUT2D eigenvalue weighted by molar-refractivity contribution is 6.36. The van der Waals surface area contributed by atoms with Gasteiger partial charge in [-0.2, -0.15) is 0 Å². The largest absolute Gasteiger partial charge is 0.0843 e. The Balaban J connectivity index is 2.23. The number of hydrogen-bond donors (Lipinski definition) is 0. The van der Waals surface area contributed by atoms with Gasteiger partial charge in [0.15, 0.2) is 0 Å². The van der Waals surface area contributed by atoms with Crippen LogP contribution in [0.1, 0.15) is 23.6 Å². The van der Waals surface area contributed by atoms with E-state index in [2.05, 4.69) is 25.5 Å². The summed E-state index contributed by atoms with van der Waals surface area (Å²) in [5.41, 5.74) is 5.83. The van der Waals surface area contributed by atoms with Crippen LogP contribution in [0, 0.1) is 6.42 Å². The Morgan fingerprint density at radius 3 is 2.39 bits per heavy atom. The van der Waals surface area contributed by atoms with Crippen molar-refractivity contribution in [1.29, 1.82) is 0 Å². The molecule has 2 aromatic carbocycles. The molecule has 18 heavy (non-hydrogen) atoms. The van der Waals surface area contributed by atoms with Crippen molar-refractivity contribution >= 4 is 28.8 Å². The molecule has 2 heteroatoms. The van der Waals surface area contributed by atoms with Crippen LogP contribution in [0.4, 0.5) is 0 Å². The third-order valence-corrected chi connectivity index (χ3v) is 3.71. The molecule has 0 spiro atoms. The van der Waals surface area contributed by atoms with E-state index < -0.39 is 0 Å². The molecule has 1 aliphatic carbocycles. The molecule has 1 radical (unpaired) electrons. The van der Waals surface area contributed by atoms with Crippen LogP contribution in [0.2, 0.25) is 10.0 Å². The van der Waals surface area contributed by atoms with Crippen molar-refractivity contribution in [3.63, 3.8) is 0 Å². The smallest absolute Gasteiger partial charge is 0.0465 e. The molecule has 0 saturated carbocycles. The van der Waals surface area contributed by atoms with E-state index in [0.717, 1.165) is 11.1 Å². The van der Waals surface area contributed by atoms with Crippen molar-refractivity contribution in [3.05, 3.63) is 81.2 Å². The summed E-state index contributed by atoms with van der Waals surface area (Å²) in [5, 5.41) is 1.39. The van der Waals surface area contributed by atoms with Crippen LogP contribution >= 0.6 is 23.2 Å². The van der Waals surface area contributed by atoms with Crippen molar-refractivity contribution in [2.45, 2.75) is 6.92 Å². The molecule has 2 aromatic rings. The molecule has 0 heterocycles. The molecular formula is C16H11Cl2. The van der Waals surface area contributed by atoms with Crippen LogP contribution in [-0.4, -0.2) is 0 Å². The van der Waals surface area contributed by atoms with E-state index in [1.54, 1.807) is 6.07 Å². The Hall–Kier alpha value is -1.24. The standard InChI is InChI=1S/C16H11Cl2/c1-10-7-13-14(8-12(17)9-15(13)18)16(10)11-5-3-2-4-6-11/h2-9H,1H3. The first-order valence-electron chi connectivity index (χ1n) is 5.77. The Morgan fingerprint density at radius 1 is 0.944 bits per heavy atom. The molecule has 0 bridgehead atoms. The zero-order valence-electron chi connectivity index (χ0n) is 9.87. The highest BCUT2D eigenvalue weighted by Crippen LogP contribution is 2.42. The van der Waals surface area contributed by atoms with Crippen molar-refractivity contribution in [3.8, 4) is 0 Å². The number of fused-ring (bicyclic) bond motifs is 1. The summed E-state index contributed by atoms with van der Waals surface area (Å²) in [6.45, 7) is 2.10. The van der Waals surface area contributed by atoms with Crippen LogP contribution in [0.15, 0.2) is 48.0 Å². The van der Waals surface area contributed by atoms with Gasteiger partial charge >= 0.3 is 0 Å². The van der Waals surface area contributed by atoms with Gasteiger partial charge in [-0.05, 0) is 41.3 Å². The lowest BCUT2D eigenvalue weighted by atomic mass is 9.98. The first kappa shape index (κ1) is 11.8. The number of halogens is 2. The number of benzene rings is 2. The van der Waals surface area contributed by atoms with Gasteiger partial charge < -0.3 is 0 Å². The highest BCUT2D eigenvalue weighted by Gasteiger charge is 2.23. The maximum atomic E-state index is 6.25. The topological polar surface area (TPSA) is 0 Å². The minimum Gasteiger partial charge on any atom is -0.0843 e. The summed E-state index contributed by atoms with van der Waals surface area (Å²) in [7, 11) is 0. The lowest BCUT2D eigenvalue weighted by molar-refractivity contribution is 1.44. The summed E-state index contributed by atoms with van der Waals surface area (Å²) in [6.07, 6.45) is 2.12. The van der Waals surface area contributed by atoms with Crippen LogP contribution in [0.5, 0.6) is 0 Å². The summed E-state index contributed by atoms with van der Waals surface area (Å²) in [5.74, 6) is 0. The van der Waals surface area contributed by atoms with Gasteiger partial charge in [0, 0.05) is 16.5 Å². The SMILES string of the molecule is CC1=C(c2ccccc2)c2cc(Cl)cc(Cl)c2[CH]1. The predicted octanol–water partition coefficient (Wildman–Crippen LogP) is 5.38. The lowest BCUT2D eigenvalue weighted by Crippen LogP contribution is -1.88. The van der Waals surface area contributed by atoms with Crippen LogP contribution in [0.25, 0.3) is 5.57 Å². The second-order valence-electron chi connectivity index (χ2n) is 4.42. The molecule has 0 unspecified atom stereocenters. The van der Waals surface area contributed by atoms with E-state index in [1.807, 2.05) is 24.3 Å². The summed E-state index contributed by atoms with van der Waals surface area (Å²) < 4.78 is 0. The quantitative estimate of drug-likeness (QED) is 0.654. The Morgan fingerprint density at radius 2 is 1.67 bits per heavy atom. The fourth-order valence-electron chi connectivity index (χ4n) is 2.43. The minimum absolute atomic E-state index is 0.676. The van der Waals surface area contributed by atoms with Gasteiger partial charge in [0.05, 0.1) is 0 Å². The highest BCUT2D eigenvalue weighted by atomic mass is 35.5. The Kier molecular flexibility index (Phi) is 2.93. The predicted molar refractivity (Wildman–Crippen MR) is 78.0 cm³/mol. The van der Waals surface area contributed by atoms with Gasteiger partial charge in [0.1, 0.15) is 0 Å². The van der Waals surface area contributed by atoms with Crippen LogP contribution < -0.4 is 0 Å². The van der Waals surface area contributed by atoms with E-state index in [0.29, 0.717) is 10.0 Å². The Labute approximate surface area is 117 Å². The van der Waals surface area contributed by atoms with E-state index in [-0.39, 0.29) is 0 Å². The second-order valence-corrected chi connectivity index (χ2v) is 5.26. The molecule has 0 N–H and O–H groups in total. The number of rotatable bonds is 1. The molecule has 1 aliphatic rings. The van der Waals surface area contributed by atoms with Gasteiger partial charge in [-0.15, -0.1) is 0 Å². The van der Waals surface area contributed by atoms with E-state index in [9.17, 15) is 0 Å². The minimum atomic E-state index is 0.676. The molecule has 0 amide bonds.